The van der Waals surface area contributed by atoms with Gasteiger partial charge in [0, 0.05) is 5.69 Å². The Labute approximate surface area is 159 Å². The van der Waals surface area contributed by atoms with Crippen molar-refractivity contribution in [1.29, 1.82) is 10.5 Å². The molecule has 0 aliphatic carbocycles. The van der Waals surface area contributed by atoms with Crippen LogP contribution in [0.1, 0.15) is 37.3 Å². The summed E-state index contributed by atoms with van der Waals surface area (Å²) in [5.74, 6) is 0.557. The molecule has 5 heteroatoms. The van der Waals surface area contributed by atoms with Gasteiger partial charge in [0.05, 0.1) is 0 Å². The maximum absolute atomic E-state index is 12.4. The van der Waals surface area contributed by atoms with Crippen molar-refractivity contribution in [2.45, 2.75) is 26.2 Å². The second kappa shape index (κ2) is 9.79. The zero-order chi connectivity index (χ0) is 19.6. The van der Waals surface area contributed by atoms with E-state index in [2.05, 4.69) is 19.2 Å². The first-order chi connectivity index (χ1) is 13.1. The maximum Gasteiger partial charge on any atom is 0.266 e. The van der Waals surface area contributed by atoms with Crippen molar-refractivity contribution in [3.8, 4) is 17.9 Å². The predicted octanol–water partition coefficient (Wildman–Crippen LogP) is 4.65. The number of amides is 1. The smallest absolute Gasteiger partial charge is 0.266 e. The first kappa shape index (κ1) is 19.8. The quantitative estimate of drug-likeness (QED) is 0.576. The summed E-state index contributed by atoms with van der Waals surface area (Å²) in [7, 11) is 0. The van der Waals surface area contributed by atoms with E-state index in [0.29, 0.717) is 22.9 Å². The van der Waals surface area contributed by atoms with Gasteiger partial charge in [-0.15, -0.1) is 0 Å². The van der Waals surface area contributed by atoms with Crippen LogP contribution in [-0.4, -0.2) is 12.5 Å². The average Bonchev–Trinajstić information content (AvgIpc) is 2.71. The number of hydrogen-bond acceptors (Lipinski definition) is 4. The summed E-state index contributed by atoms with van der Waals surface area (Å²) >= 11 is 0. The van der Waals surface area contributed by atoms with Gasteiger partial charge < -0.3 is 10.1 Å². The van der Waals surface area contributed by atoms with Gasteiger partial charge in [0.25, 0.3) is 5.91 Å². The number of nitrogens with one attached hydrogen (secondary N) is 1. The Morgan fingerprint density at radius 2 is 1.81 bits per heavy atom. The number of ether oxygens (including phenoxy) is 1. The second-order valence-electron chi connectivity index (χ2n) is 6.07. The molecular weight excluding hydrogens is 338 g/mol. The molecule has 2 aromatic carbocycles. The number of carbonyl (C=O) groups is 1. The number of rotatable bonds is 7. The van der Waals surface area contributed by atoms with Crippen molar-refractivity contribution in [2.24, 2.45) is 0 Å². The van der Waals surface area contributed by atoms with Crippen molar-refractivity contribution in [2.75, 3.05) is 11.9 Å². The second-order valence-corrected chi connectivity index (χ2v) is 6.07. The van der Waals surface area contributed by atoms with Crippen LogP contribution in [-0.2, 0) is 4.79 Å². The van der Waals surface area contributed by atoms with E-state index in [9.17, 15) is 10.1 Å². The van der Waals surface area contributed by atoms with Gasteiger partial charge in [0.15, 0.2) is 6.61 Å². The first-order valence-electron chi connectivity index (χ1n) is 8.70. The molecule has 2 aromatic rings. The molecule has 0 aliphatic rings. The Hall–Kier alpha value is -3.57. The molecule has 0 aliphatic heterocycles. The molecule has 0 radical (unpaired) electrons. The SMILES string of the molecule is CC[C@H](C)c1ccc(NC(=O)/C(C#N)=C/c2ccc(OCC#N)cc2)cc1. The molecule has 136 valence electrons. The number of nitrogens with zero attached hydrogens (tertiary/aromatic N) is 2. The molecule has 0 bridgehead atoms. The van der Waals surface area contributed by atoms with Gasteiger partial charge in [-0.25, -0.2) is 0 Å². The zero-order valence-electron chi connectivity index (χ0n) is 15.4. The molecule has 1 N–H and O–H groups in total. The molecule has 5 nitrogen and oxygen atoms in total. The lowest BCUT2D eigenvalue weighted by Crippen LogP contribution is -2.13. The molecule has 0 aromatic heterocycles. The lowest BCUT2D eigenvalue weighted by molar-refractivity contribution is -0.112. The van der Waals surface area contributed by atoms with E-state index >= 15 is 0 Å². The Bertz CT molecular complexity index is 885. The van der Waals surface area contributed by atoms with E-state index in [1.807, 2.05) is 36.4 Å². The van der Waals surface area contributed by atoms with E-state index in [1.54, 1.807) is 24.3 Å². The van der Waals surface area contributed by atoms with E-state index in [-0.39, 0.29) is 12.2 Å². The summed E-state index contributed by atoms with van der Waals surface area (Å²) in [6.07, 6.45) is 2.56. The van der Waals surface area contributed by atoms with Gasteiger partial charge in [-0.2, -0.15) is 10.5 Å². The van der Waals surface area contributed by atoms with Crippen molar-refractivity contribution >= 4 is 17.7 Å². The van der Waals surface area contributed by atoms with Crippen LogP contribution in [0.3, 0.4) is 0 Å². The van der Waals surface area contributed by atoms with Crippen LogP contribution in [0.15, 0.2) is 54.1 Å². The standard InChI is InChI=1S/C22H21N3O2/c1-3-16(2)18-6-8-20(9-7-18)25-22(26)19(15-24)14-17-4-10-21(11-5-17)27-13-12-23/h4-11,14,16H,3,13H2,1-2H3,(H,25,26)/b19-14+/t16-/m0/s1. The van der Waals surface area contributed by atoms with Crippen LogP contribution < -0.4 is 10.1 Å². The molecule has 0 heterocycles. The predicted molar refractivity (Wildman–Crippen MR) is 105 cm³/mol. The highest BCUT2D eigenvalue weighted by Crippen LogP contribution is 2.21. The normalized spacial score (nSPS) is 11.8. The highest BCUT2D eigenvalue weighted by atomic mass is 16.5. The third-order valence-electron chi connectivity index (χ3n) is 4.21. The molecule has 0 saturated carbocycles. The lowest BCUT2D eigenvalue weighted by atomic mass is 9.98. The van der Waals surface area contributed by atoms with Crippen LogP contribution in [0, 0.1) is 22.7 Å². The van der Waals surface area contributed by atoms with Crippen molar-refractivity contribution < 1.29 is 9.53 Å². The fourth-order valence-electron chi connectivity index (χ4n) is 2.42. The van der Waals surface area contributed by atoms with Gasteiger partial charge in [0.2, 0.25) is 0 Å². The molecule has 0 spiro atoms. The highest BCUT2D eigenvalue weighted by molar-refractivity contribution is 6.09. The lowest BCUT2D eigenvalue weighted by Gasteiger charge is -2.10. The molecule has 1 amide bonds. The number of benzene rings is 2. The number of anilines is 1. The van der Waals surface area contributed by atoms with E-state index < -0.39 is 5.91 Å². The van der Waals surface area contributed by atoms with Crippen LogP contribution in [0.5, 0.6) is 5.75 Å². The maximum atomic E-state index is 12.4. The minimum atomic E-state index is -0.460. The van der Waals surface area contributed by atoms with Crippen LogP contribution in [0.25, 0.3) is 6.08 Å². The largest absolute Gasteiger partial charge is 0.479 e. The van der Waals surface area contributed by atoms with Gasteiger partial charge in [-0.1, -0.05) is 38.1 Å². The number of nitriles is 2. The fourth-order valence-corrected chi connectivity index (χ4v) is 2.42. The minimum absolute atomic E-state index is 0.00620. The summed E-state index contributed by atoms with van der Waals surface area (Å²) < 4.78 is 5.18. The molecule has 2 rings (SSSR count). The molecule has 0 saturated heterocycles. The van der Waals surface area contributed by atoms with Crippen LogP contribution in [0.4, 0.5) is 5.69 Å². The summed E-state index contributed by atoms with van der Waals surface area (Å²) in [5.41, 5.74) is 2.56. The zero-order valence-corrected chi connectivity index (χ0v) is 15.4. The van der Waals surface area contributed by atoms with Crippen LogP contribution >= 0.6 is 0 Å². The van der Waals surface area contributed by atoms with Crippen molar-refractivity contribution in [1.82, 2.24) is 0 Å². The Kier molecular flexibility index (Phi) is 7.16. The van der Waals surface area contributed by atoms with Crippen molar-refractivity contribution in [3.05, 3.63) is 65.2 Å². The van der Waals surface area contributed by atoms with Gasteiger partial charge >= 0.3 is 0 Å². The topological polar surface area (TPSA) is 85.9 Å². The molecule has 27 heavy (non-hydrogen) atoms. The monoisotopic (exact) mass is 359 g/mol. The highest BCUT2D eigenvalue weighted by Gasteiger charge is 2.10. The van der Waals surface area contributed by atoms with Crippen LogP contribution in [0.2, 0.25) is 0 Å². The fraction of sp³-hybridized carbons (Fsp3) is 0.227. The van der Waals surface area contributed by atoms with Gasteiger partial charge in [-0.05, 0) is 53.8 Å². The molecular formula is C22H21N3O2. The molecule has 1 atom stereocenters. The Morgan fingerprint density at radius 3 is 2.37 bits per heavy atom. The Morgan fingerprint density at radius 1 is 1.15 bits per heavy atom. The van der Waals surface area contributed by atoms with E-state index in [4.69, 9.17) is 10.00 Å². The van der Waals surface area contributed by atoms with E-state index in [0.717, 1.165) is 6.42 Å². The third kappa shape index (κ3) is 5.73. The van der Waals surface area contributed by atoms with Gasteiger partial charge in [-0.3, -0.25) is 4.79 Å². The van der Waals surface area contributed by atoms with Gasteiger partial charge in [0.1, 0.15) is 23.5 Å². The summed E-state index contributed by atoms with van der Waals surface area (Å²) in [6.45, 7) is 4.25. The minimum Gasteiger partial charge on any atom is -0.479 e. The number of hydrogen-bond donors (Lipinski definition) is 1. The van der Waals surface area contributed by atoms with E-state index in [1.165, 1.54) is 11.6 Å². The third-order valence-corrected chi connectivity index (χ3v) is 4.21. The summed E-state index contributed by atoms with van der Waals surface area (Å²) in [4.78, 5) is 12.4. The summed E-state index contributed by atoms with van der Waals surface area (Å²) in [5, 5.41) is 20.6. The first-order valence-corrected chi connectivity index (χ1v) is 8.70. The Balaban J connectivity index is 2.08. The average molecular weight is 359 g/mol. The molecule has 0 fully saturated rings. The summed E-state index contributed by atoms with van der Waals surface area (Å²) in [6, 6.07) is 18.3. The molecule has 0 unspecified atom stereocenters. The van der Waals surface area contributed by atoms with Crippen molar-refractivity contribution in [3.63, 3.8) is 0 Å². The number of carbonyl (C=O) groups excluding carboxylic acids is 1.